The number of methoxy groups -OCH3 is 1. The molecule has 0 radical (unpaired) electrons. The largest absolute Gasteiger partial charge is 0.495 e. The lowest BCUT2D eigenvalue weighted by molar-refractivity contribution is -0.384. The van der Waals surface area contributed by atoms with Crippen molar-refractivity contribution >= 4 is 22.6 Å². The van der Waals surface area contributed by atoms with Gasteiger partial charge >= 0.3 is 0 Å². The molecule has 1 aromatic carbocycles. The van der Waals surface area contributed by atoms with Crippen molar-refractivity contribution in [3.05, 3.63) is 33.9 Å². The van der Waals surface area contributed by atoms with Crippen LogP contribution in [0.15, 0.2) is 18.2 Å². The molecule has 5 nitrogen and oxygen atoms in total. The van der Waals surface area contributed by atoms with Gasteiger partial charge in [0.1, 0.15) is 5.75 Å². The highest BCUT2D eigenvalue weighted by molar-refractivity contribution is 8.13. The molecule has 6 heteroatoms. The van der Waals surface area contributed by atoms with Crippen LogP contribution in [0.25, 0.3) is 0 Å². The number of carbonyl (C=O) groups excluding carboxylic acids is 1. The van der Waals surface area contributed by atoms with Crippen molar-refractivity contribution in [3.63, 3.8) is 0 Å². The van der Waals surface area contributed by atoms with E-state index in [2.05, 4.69) is 11.8 Å². The molecule has 0 atom stereocenters. The van der Waals surface area contributed by atoms with Crippen LogP contribution in [0.5, 0.6) is 5.75 Å². The van der Waals surface area contributed by atoms with Crippen LogP contribution in [-0.2, 0) is 4.79 Å². The van der Waals surface area contributed by atoms with E-state index in [9.17, 15) is 14.9 Å². The van der Waals surface area contributed by atoms with Gasteiger partial charge in [0.2, 0.25) is 0 Å². The summed E-state index contributed by atoms with van der Waals surface area (Å²) < 4.78 is 5.03. The first kappa shape index (κ1) is 14.1. The fraction of sp³-hybridized carbons (Fsp3) is 0.250. The van der Waals surface area contributed by atoms with Crippen LogP contribution in [0.2, 0.25) is 0 Å². The molecule has 0 spiro atoms. The molecule has 0 saturated heterocycles. The van der Waals surface area contributed by atoms with Crippen molar-refractivity contribution in [1.82, 2.24) is 0 Å². The summed E-state index contributed by atoms with van der Waals surface area (Å²) in [5, 5.41) is 10.6. The van der Waals surface area contributed by atoms with E-state index >= 15 is 0 Å². The van der Waals surface area contributed by atoms with Gasteiger partial charge in [0.05, 0.1) is 29.4 Å². The fourth-order valence-corrected chi connectivity index (χ4v) is 1.51. The van der Waals surface area contributed by atoms with E-state index in [1.807, 2.05) is 0 Å². The maximum Gasteiger partial charge on any atom is 0.273 e. The Labute approximate surface area is 109 Å². The number of benzene rings is 1. The summed E-state index contributed by atoms with van der Waals surface area (Å²) in [7, 11) is 1.43. The Morgan fingerprint density at radius 2 is 2.28 bits per heavy atom. The van der Waals surface area contributed by atoms with E-state index in [4.69, 9.17) is 4.74 Å². The topological polar surface area (TPSA) is 69.4 Å². The fourth-order valence-electron chi connectivity index (χ4n) is 1.17. The van der Waals surface area contributed by atoms with Crippen LogP contribution in [0, 0.1) is 22.0 Å². The van der Waals surface area contributed by atoms with Crippen molar-refractivity contribution in [1.29, 1.82) is 0 Å². The number of carbonyl (C=O) groups is 1. The quantitative estimate of drug-likeness (QED) is 0.476. The number of thioether (sulfide) groups is 1. The smallest absolute Gasteiger partial charge is 0.273 e. The SMILES string of the molecule is COc1cc([N+](=O)[O-])ccc1C#CCSC(C)=O. The van der Waals surface area contributed by atoms with E-state index < -0.39 is 4.92 Å². The lowest BCUT2D eigenvalue weighted by Gasteiger charge is -2.02. The van der Waals surface area contributed by atoms with Gasteiger partial charge in [-0.25, -0.2) is 0 Å². The molecule has 0 aliphatic heterocycles. The van der Waals surface area contributed by atoms with Crippen LogP contribution < -0.4 is 4.74 Å². The maximum atomic E-state index is 10.7. The predicted octanol–water partition coefficient (Wildman–Crippen LogP) is 2.23. The Kier molecular flexibility index (Phi) is 5.21. The van der Waals surface area contributed by atoms with Crippen molar-refractivity contribution in [3.8, 4) is 17.6 Å². The molecular weight excluding hydrogens is 254 g/mol. The summed E-state index contributed by atoms with van der Waals surface area (Å²) in [5.74, 6) is 6.35. The zero-order valence-electron chi connectivity index (χ0n) is 9.93. The van der Waals surface area contributed by atoms with Crippen LogP contribution in [0.4, 0.5) is 5.69 Å². The molecule has 0 heterocycles. The Morgan fingerprint density at radius 1 is 1.56 bits per heavy atom. The highest BCUT2D eigenvalue weighted by atomic mass is 32.2. The molecule has 0 unspecified atom stereocenters. The normalized spacial score (nSPS) is 9.22. The lowest BCUT2D eigenvalue weighted by Crippen LogP contribution is -1.92. The van der Waals surface area contributed by atoms with Gasteiger partial charge in [0, 0.05) is 13.0 Å². The molecule has 0 bridgehead atoms. The van der Waals surface area contributed by atoms with Gasteiger partial charge in [-0.3, -0.25) is 14.9 Å². The van der Waals surface area contributed by atoms with Crippen LogP contribution in [-0.4, -0.2) is 22.9 Å². The Balaban J connectivity index is 2.89. The molecule has 1 aromatic rings. The summed E-state index contributed by atoms with van der Waals surface area (Å²) in [6.45, 7) is 1.47. The molecule has 0 aromatic heterocycles. The number of rotatable bonds is 3. The minimum absolute atomic E-state index is 0.0000329. The van der Waals surface area contributed by atoms with E-state index in [0.29, 0.717) is 17.1 Å². The molecule has 0 aliphatic carbocycles. The molecule has 0 N–H and O–H groups in total. The number of hydrogen-bond donors (Lipinski definition) is 0. The third kappa shape index (κ3) is 4.11. The summed E-state index contributed by atoms with van der Waals surface area (Å²) in [5.41, 5.74) is 0.516. The van der Waals surface area contributed by atoms with Crippen LogP contribution >= 0.6 is 11.8 Å². The number of non-ortho nitro benzene ring substituents is 1. The summed E-state index contributed by atoms with van der Waals surface area (Å²) in [4.78, 5) is 20.8. The van der Waals surface area contributed by atoms with Gasteiger partial charge in [-0.1, -0.05) is 23.6 Å². The van der Waals surface area contributed by atoms with E-state index in [-0.39, 0.29) is 10.8 Å². The minimum atomic E-state index is -0.495. The van der Waals surface area contributed by atoms with Crippen molar-refractivity contribution < 1.29 is 14.5 Å². The van der Waals surface area contributed by atoms with Gasteiger partial charge in [-0.2, -0.15) is 0 Å². The zero-order valence-corrected chi connectivity index (χ0v) is 10.7. The number of nitro benzene ring substituents is 1. The van der Waals surface area contributed by atoms with Gasteiger partial charge in [-0.15, -0.1) is 0 Å². The van der Waals surface area contributed by atoms with Crippen molar-refractivity contribution in [2.75, 3.05) is 12.9 Å². The summed E-state index contributed by atoms with van der Waals surface area (Å²) in [6.07, 6.45) is 0. The third-order valence-electron chi connectivity index (χ3n) is 1.97. The minimum Gasteiger partial charge on any atom is -0.495 e. The monoisotopic (exact) mass is 265 g/mol. The average Bonchev–Trinajstić information content (AvgIpc) is 2.34. The van der Waals surface area contributed by atoms with Crippen molar-refractivity contribution in [2.45, 2.75) is 6.92 Å². The van der Waals surface area contributed by atoms with Crippen LogP contribution in [0.3, 0.4) is 0 Å². The molecular formula is C12H11NO4S. The second-order valence-electron chi connectivity index (χ2n) is 3.22. The molecule has 0 amide bonds. The average molecular weight is 265 g/mol. The lowest BCUT2D eigenvalue weighted by atomic mass is 10.2. The van der Waals surface area contributed by atoms with Gasteiger partial charge in [0.25, 0.3) is 5.69 Å². The molecule has 18 heavy (non-hydrogen) atoms. The predicted molar refractivity (Wildman–Crippen MR) is 69.7 cm³/mol. The summed E-state index contributed by atoms with van der Waals surface area (Å²) in [6, 6.07) is 4.22. The second kappa shape index (κ2) is 6.67. The Bertz CT molecular complexity index is 531. The van der Waals surface area contributed by atoms with Crippen LogP contribution in [0.1, 0.15) is 12.5 Å². The van der Waals surface area contributed by atoms with E-state index in [1.165, 1.54) is 32.2 Å². The van der Waals surface area contributed by atoms with Crippen molar-refractivity contribution in [2.24, 2.45) is 0 Å². The third-order valence-corrected chi connectivity index (χ3v) is 2.66. The molecule has 1 rings (SSSR count). The standard InChI is InChI=1S/C12H11NO4S/c1-9(14)18-7-3-4-10-5-6-11(13(15)16)8-12(10)17-2/h5-6,8H,7H2,1-2H3. The van der Waals surface area contributed by atoms with E-state index in [0.717, 1.165) is 11.8 Å². The van der Waals surface area contributed by atoms with Gasteiger partial charge in [-0.05, 0) is 6.07 Å². The second-order valence-corrected chi connectivity index (χ2v) is 4.38. The highest BCUT2D eigenvalue weighted by Gasteiger charge is 2.09. The summed E-state index contributed by atoms with van der Waals surface area (Å²) >= 11 is 1.11. The molecule has 0 fully saturated rings. The first-order valence-electron chi connectivity index (χ1n) is 4.99. The first-order chi connectivity index (χ1) is 8.54. The molecule has 0 saturated carbocycles. The maximum absolute atomic E-state index is 10.7. The highest BCUT2D eigenvalue weighted by Crippen LogP contribution is 2.23. The number of nitro groups is 1. The number of nitrogens with zero attached hydrogens (tertiary/aromatic N) is 1. The van der Waals surface area contributed by atoms with E-state index in [1.54, 1.807) is 0 Å². The molecule has 0 aliphatic rings. The number of hydrogen-bond acceptors (Lipinski definition) is 5. The first-order valence-corrected chi connectivity index (χ1v) is 5.98. The number of ether oxygens (including phenoxy) is 1. The Hall–Kier alpha value is -2.00. The van der Waals surface area contributed by atoms with Gasteiger partial charge < -0.3 is 4.74 Å². The Morgan fingerprint density at radius 3 is 2.83 bits per heavy atom. The van der Waals surface area contributed by atoms with Gasteiger partial charge in [0.15, 0.2) is 5.12 Å². The zero-order chi connectivity index (χ0) is 13.5. The molecule has 94 valence electrons.